The molecule has 1 aliphatic heterocycles. The zero-order valence-corrected chi connectivity index (χ0v) is 6.09. The molecule has 0 saturated heterocycles. The van der Waals surface area contributed by atoms with Gasteiger partial charge in [0.25, 0.3) is 0 Å². The highest BCUT2D eigenvalue weighted by Gasteiger charge is 1.76. The van der Waals surface area contributed by atoms with Crippen molar-refractivity contribution in [2.45, 2.75) is 12.8 Å². The van der Waals surface area contributed by atoms with Crippen LogP contribution in [0.25, 0.3) is 0 Å². The van der Waals surface area contributed by atoms with Gasteiger partial charge in [0.15, 0.2) is 0 Å². The van der Waals surface area contributed by atoms with Gasteiger partial charge in [-0.05, 0) is 19.0 Å². The topological polar surface area (TPSA) is 12.0 Å². The van der Waals surface area contributed by atoms with Gasteiger partial charge in [-0.1, -0.05) is 30.4 Å². The van der Waals surface area contributed by atoms with Crippen LogP contribution in [0.4, 0.5) is 0 Å². The average Bonchev–Trinajstić information content (AvgIpc) is 2.01. The third kappa shape index (κ3) is 3.13. The van der Waals surface area contributed by atoms with Crippen molar-refractivity contribution in [2.75, 3.05) is 6.54 Å². The van der Waals surface area contributed by atoms with Crippen LogP contribution >= 0.6 is 0 Å². The molecule has 1 aliphatic rings. The third-order valence-electron chi connectivity index (χ3n) is 1.35. The Hall–Kier alpha value is -0.980. The summed E-state index contributed by atoms with van der Waals surface area (Å²) >= 11 is 0. The fourth-order valence-corrected chi connectivity index (χ4v) is 0.817. The minimum Gasteiger partial charge on any atom is -0.388 e. The van der Waals surface area contributed by atoms with Crippen LogP contribution in [0.2, 0.25) is 0 Å². The van der Waals surface area contributed by atoms with Crippen LogP contribution in [0.15, 0.2) is 36.6 Å². The van der Waals surface area contributed by atoms with Gasteiger partial charge in [0.1, 0.15) is 0 Å². The molecule has 1 nitrogen and oxygen atoms in total. The van der Waals surface area contributed by atoms with Gasteiger partial charge in [-0.2, -0.15) is 0 Å². The average molecular weight is 135 g/mol. The Kier molecular flexibility index (Phi) is 3.46. The Labute approximate surface area is 62.1 Å². The van der Waals surface area contributed by atoms with Crippen LogP contribution in [0.5, 0.6) is 0 Å². The van der Waals surface area contributed by atoms with E-state index in [1.165, 1.54) is 0 Å². The lowest BCUT2D eigenvalue weighted by molar-refractivity contribution is 0.971. The normalized spacial score (nSPS) is 28.0. The maximum atomic E-state index is 3.15. The van der Waals surface area contributed by atoms with Gasteiger partial charge in [-0.15, -0.1) is 0 Å². The lowest BCUT2D eigenvalue weighted by Gasteiger charge is -1.94. The molecule has 0 radical (unpaired) electrons. The van der Waals surface area contributed by atoms with E-state index in [2.05, 4.69) is 35.7 Å². The smallest absolute Gasteiger partial charge is 0.0325 e. The number of allylic oxidation sites excluding steroid dienone is 4. The molecule has 0 unspecified atom stereocenters. The van der Waals surface area contributed by atoms with E-state index in [1.807, 2.05) is 6.20 Å². The van der Waals surface area contributed by atoms with Crippen molar-refractivity contribution in [3.63, 3.8) is 0 Å². The molecule has 0 aromatic carbocycles. The third-order valence-corrected chi connectivity index (χ3v) is 1.35. The molecular formula is C9H13N. The molecule has 0 spiro atoms. The number of hydrogen-bond acceptors (Lipinski definition) is 1. The molecule has 0 aromatic heterocycles. The fraction of sp³-hybridized carbons (Fsp3) is 0.333. The van der Waals surface area contributed by atoms with Crippen LogP contribution in [0, 0.1) is 0 Å². The molecule has 1 heterocycles. The van der Waals surface area contributed by atoms with Crippen molar-refractivity contribution in [2.24, 2.45) is 0 Å². The van der Waals surface area contributed by atoms with Crippen LogP contribution in [-0.2, 0) is 0 Å². The van der Waals surface area contributed by atoms with Crippen LogP contribution in [0.3, 0.4) is 0 Å². The summed E-state index contributed by atoms with van der Waals surface area (Å²) in [4.78, 5) is 0. The molecule has 10 heavy (non-hydrogen) atoms. The fourth-order valence-electron chi connectivity index (χ4n) is 0.817. The first-order valence-electron chi connectivity index (χ1n) is 3.68. The minimum absolute atomic E-state index is 0.949. The van der Waals surface area contributed by atoms with Gasteiger partial charge >= 0.3 is 0 Å². The zero-order chi connectivity index (χ0) is 7.07. The highest BCUT2D eigenvalue weighted by Crippen LogP contribution is 1.91. The van der Waals surface area contributed by atoms with E-state index in [4.69, 9.17) is 0 Å². The number of rotatable bonds is 0. The van der Waals surface area contributed by atoms with Gasteiger partial charge < -0.3 is 5.32 Å². The summed E-state index contributed by atoms with van der Waals surface area (Å²) < 4.78 is 0. The van der Waals surface area contributed by atoms with Gasteiger partial charge in [0, 0.05) is 6.54 Å². The Morgan fingerprint density at radius 3 is 2.40 bits per heavy atom. The van der Waals surface area contributed by atoms with Crippen molar-refractivity contribution in [3.05, 3.63) is 36.6 Å². The van der Waals surface area contributed by atoms with Crippen molar-refractivity contribution < 1.29 is 0 Å². The van der Waals surface area contributed by atoms with Crippen molar-refractivity contribution in [1.29, 1.82) is 0 Å². The highest BCUT2D eigenvalue weighted by atomic mass is 14.8. The monoisotopic (exact) mass is 135 g/mol. The van der Waals surface area contributed by atoms with E-state index in [-0.39, 0.29) is 0 Å². The van der Waals surface area contributed by atoms with E-state index in [0.29, 0.717) is 0 Å². The quantitative estimate of drug-likeness (QED) is 0.501. The second-order valence-corrected chi connectivity index (χ2v) is 2.22. The van der Waals surface area contributed by atoms with Gasteiger partial charge in [-0.25, -0.2) is 0 Å². The summed E-state index contributed by atoms with van der Waals surface area (Å²) in [5.74, 6) is 0. The van der Waals surface area contributed by atoms with Crippen molar-refractivity contribution in [1.82, 2.24) is 5.32 Å². The molecule has 0 bridgehead atoms. The molecule has 0 aliphatic carbocycles. The molecule has 0 aromatic rings. The molecule has 54 valence electrons. The Morgan fingerprint density at radius 1 is 0.800 bits per heavy atom. The Balaban J connectivity index is 2.38. The number of nitrogens with one attached hydrogen (secondary N) is 1. The standard InChI is InChI=1S/C9H13N/c1-2-4-6-8-10-9-7-5-3-1/h1-2,5-8,10H,3-4,9H2/b2-1-,7-5-,8-6-. The van der Waals surface area contributed by atoms with Crippen molar-refractivity contribution >= 4 is 0 Å². The predicted octanol–water partition coefficient (Wildman–Crippen LogP) is 2.00. The largest absolute Gasteiger partial charge is 0.388 e. The maximum Gasteiger partial charge on any atom is 0.0325 e. The summed E-state index contributed by atoms with van der Waals surface area (Å²) in [7, 11) is 0. The molecular weight excluding hydrogens is 122 g/mol. The van der Waals surface area contributed by atoms with Gasteiger partial charge in [-0.3, -0.25) is 0 Å². The Morgan fingerprint density at radius 2 is 1.50 bits per heavy atom. The van der Waals surface area contributed by atoms with Gasteiger partial charge in [0.05, 0.1) is 0 Å². The summed E-state index contributed by atoms with van der Waals surface area (Å²) in [6.07, 6.45) is 14.9. The maximum absolute atomic E-state index is 3.15. The predicted molar refractivity (Wildman–Crippen MR) is 44.7 cm³/mol. The van der Waals surface area contributed by atoms with Crippen molar-refractivity contribution in [3.8, 4) is 0 Å². The van der Waals surface area contributed by atoms with Crippen LogP contribution in [0.1, 0.15) is 12.8 Å². The number of hydrogen-bond donors (Lipinski definition) is 1. The second-order valence-electron chi connectivity index (χ2n) is 2.22. The van der Waals surface area contributed by atoms with Gasteiger partial charge in [0.2, 0.25) is 0 Å². The molecule has 0 amide bonds. The first-order chi connectivity index (χ1) is 5.00. The molecule has 0 fully saturated rings. The SMILES string of the molecule is C1=C\C/C=C\NC/C=C\C/1. The molecule has 1 heteroatoms. The molecule has 0 atom stereocenters. The molecule has 0 saturated carbocycles. The Bertz CT molecular complexity index is 136. The summed E-state index contributed by atoms with van der Waals surface area (Å²) in [6.45, 7) is 0.949. The first kappa shape index (κ1) is 7.13. The van der Waals surface area contributed by atoms with Crippen LogP contribution < -0.4 is 5.32 Å². The zero-order valence-electron chi connectivity index (χ0n) is 6.09. The summed E-state index contributed by atoms with van der Waals surface area (Å²) in [5, 5.41) is 3.15. The second kappa shape index (κ2) is 4.86. The van der Waals surface area contributed by atoms with E-state index in [0.717, 1.165) is 19.4 Å². The van der Waals surface area contributed by atoms with E-state index >= 15 is 0 Å². The van der Waals surface area contributed by atoms with E-state index in [9.17, 15) is 0 Å². The van der Waals surface area contributed by atoms with E-state index < -0.39 is 0 Å². The lowest BCUT2D eigenvalue weighted by atomic mass is 10.3. The van der Waals surface area contributed by atoms with E-state index in [1.54, 1.807) is 0 Å². The summed E-state index contributed by atoms with van der Waals surface area (Å²) in [5.41, 5.74) is 0. The molecule has 1 rings (SSSR count). The first-order valence-corrected chi connectivity index (χ1v) is 3.68. The minimum atomic E-state index is 0.949. The molecule has 1 N–H and O–H groups in total. The van der Waals surface area contributed by atoms with Crippen LogP contribution in [-0.4, -0.2) is 6.54 Å². The highest BCUT2D eigenvalue weighted by molar-refractivity contribution is 4.99. The summed E-state index contributed by atoms with van der Waals surface area (Å²) in [6, 6.07) is 0. The lowest BCUT2D eigenvalue weighted by Crippen LogP contribution is -2.03.